The minimum Gasteiger partial charge on any atom is -0.493 e. The Balaban J connectivity index is 2.05. The smallest absolute Gasteiger partial charge is 0.161 e. The fourth-order valence-electron chi connectivity index (χ4n) is 2.29. The molecule has 0 aliphatic carbocycles. The first-order valence-corrected chi connectivity index (χ1v) is 7.15. The lowest BCUT2D eigenvalue weighted by Crippen LogP contribution is -2.20. The van der Waals surface area contributed by atoms with Gasteiger partial charge >= 0.3 is 0 Å². The summed E-state index contributed by atoms with van der Waals surface area (Å²) in [5.74, 6) is 1.50. The number of ether oxygens (including phenoxy) is 2. The van der Waals surface area contributed by atoms with Crippen LogP contribution in [0.1, 0.15) is 31.1 Å². The largest absolute Gasteiger partial charge is 0.493 e. The molecule has 1 heterocycles. The van der Waals surface area contributed by atoms with Gasteiger partial charge in [-0.15, -0.1) is 0 Å². The van der Waals surface area contributed by atoms with Gasteiger partial charge in [-0.25, -0.2) is 0 Å². The van der Waals surface area contributed by atoms with Crippen LogP contribution in [0.15, 0.2) is 30.5 Å². The van der Waals surface area contributed by atoms with Crippen LogP contribution in [0.5, 0.6) is 11.5 Å². The van der Waals surface area contributed by atoms with Crippen LogP contribution < -0.4 is 14.8 Å². The third kappa shape index (κ3) is 3.55. The number of hydrogen-bond acceptors (Lipinski definition) is 4. The van der Waals surface area contributed by atoms with Crippen LogP contribution in [0.4, 0.5) is 0 Å². The Bertz CT molecular complexity index is 581. The van der Waals surface area contributed by atoms with Gasteiger partial charge in [0.2, 0.25) is 0 Å². The fraction of sp³-hybridized carbons (Fsp3) is 0.438. The second-order valence-electron chi connectivity index (χ2n) is 4.86. The molecule has 21 heavy (non-hydrogen) atoms. The molecule has 0 amide bonds. The molecule has 1 atom stereocenters. The summed E-state index contributed by atoms with van der Waals surface area (Å²) < 4.78 is 12.6. The zero-order valence-corrected chi connectivity index (χ0v) is 13.1. The Hall–Kier alpha value is -2.01. The number of aryl methyl sites for hydroxylation is 1. The summed E-state index contributed by atoms with van der Waals surface area (Å²) in [6, 6.07) is 8.24. The van der Waals surface area contributed by atoms with Crippen molar-refractivity contribution in [2.75, 3.05) is 14.2 Å². The Kier molecular flexibility index (Phi) is 5.22. The molecule has 0 spiro atoms. The molecule has 0 saturated heterocycles. The molecule has 1 N–H and O–H groups in total. The molecule has 0 aliphatic heterocycles. The fourth-order valence-corrected chi connectivity index (χ4v) is 2.29. The second kappa shape index (κ2) is 7.13. The number of aromatic nitrogens is 2. The molecule has 5 heteroatoms. The Morgan fingerprint density at radius 3 is 2.62 bits per heavy atom. The Labute approximate surface area is 125 Å². The summed E-state index contributed by atoms with van der Waals surface area (Å²) in [5, 5.41) is 7.78. The number of benzene rings is 1. The summed E-state index contributed by atoms with van der Waals surface area (Å²) in [7, 11) is 3.30. The lowest BCUT2D eigenvalue weighted by molar-refractivity contribution is 0.354. The summed E-state index contributed by atoms with van der Waals surface area (Å²) in [4.78, 5) is 0. The average molecular weight is 289 g/mol. The van der Waals surface area contributed by atoms with Gasteiger partial charge in [-0.3, -0.25) is 4.68 Å². The highest BCUT2D eigenvalue weighted by Crippen LogP contribution is 2.29. The molecule has 1 aromatic carbocycles. The van der Waals surface area contributed by atoms with Gasteiger partial charge in [-0.2, -0.15) is 5.10 Å². The number of nitrogens with zero attached hydrogens (tertiary/aromatic N) is 2. The zero-order chi connectivity index (χ0) is 15.2. The summed E-state index contributed by atoms with van der Waals surface area (Å²) in [6.07, 6.45) is 1.83. The molecule has 0 bridgehead atoms. The molecule has 2 rings (SSSR count). The van der Waals surface area contributed by atoms with Crippen LogP contribution in [0, 0.1) is 0 Å². The maximum absolute atomic E-state index is 5.35. The van der Waals surface area contributed by atoms with E-state index in [0.29, 0.717) is 0 Å². The molecule has 0 aliphatic rings. The standard InChI is InChI=1S/C16H23N3O2/c1-5-19-14(8-9-18-19)11-17-12(2)13-6-7-15(20-3)16(10-13)21-4/h6-10,12,17H,5,11H2,1-4H3. The molecule has 1 unspecified atom stereocenters. The van der Waals surface area contributed by atoms with Gasteiger partial charge in [-0.1, -0.05) is 6.07 Å². The van der Waals surface area contributed by atoms with Crippen LogP contribution in [-0.2, 0) is 13.1 Å². The van der Waals surface area contributed by atoms with Crippen LogP contribution in [0.3, 0.4) is 0 Å². The van der Waals surface area contributed by atoms with Gasteiger partial charge < -0.3 is 14.8 Å². The van der Waals surface area contributed by atoms with Crippen molar-refractivity contribution in [1.82, 2.24) is 15.1 Å². The maximum Gasteiger partial charge on any atom is 0.161 e. The van der Waals surface area contributed by atoms with Crippen LogP contribution >= 0.6 is 0 Å². The van der Waals surface area contributed by atoms with E-state index in [4.69, 9.17) is 9.47 Å². The molecule has 0 saturated carbocycles. The van der Waals surface area contributed by atoms with E-state index in [0.717, 1.165) is 30.2 Å². The molecular formula is C16H23N3O2. The van der Waals surface area contributed by atoms with E-state index >= 15 is 0 Å². The first kappa shape index (κ1) is 15.4. The molecule has 0 radical (unpaired) electrons. The maximum atomic E-state index is 5.35. The van der Waals surface area contributed by atoms with Gasteiger partial charge in [0.1, 0.15) is 0 Å². The molecule has 114 valence electrons. The van der Waals surface area contributed by atoms with Crippen molar-refractivity contribution < 1.29 is 9.47 Å². The van der Waals surface area contributed by atoms with Gasteiger partial charge in [0, 0.05) is 25.3 Å². The summed E-state index contributed by atoms with van der Waals surface area (Å²) in [5.41, 5.74) is 2.35. The van der Waals surface area contributed by atoms with E-state index < -0.39 is 0 Å². The normalized spacial score (nSPS) is 12.2. The summed E-state index contributed by atoms with van der Waals surface area (Å²) >= 11 is 0. The van der Waals surface area contributed by atoms with Crippen molar-refractivity contribution in [2.24, 2.45) is 0 Å². The average Bonchev–Trinajstić information content (AvgIpc) is 2.99. The molecule has 2 aromatic rings. The molecular weight excluding hydrogens is 266 g/mol. The van der Waals surface area contributed by atoms with Crippen LogP contribution in [0.25, 0.3) is 0 Å². The lowest BCUT2D eigenvalue weighted by atomic mass is 10.1. The predicted molar refractivity (Wildman–Crippen MR) is 82.7 cm³/mol. The van der Waals surface area contributed by atoms with Crippen molar-refractivity contribution in [2.45, 2.75) is 33.0 Å². The number of rotatable bonds is 7. The SMILES string of the molecule is CCn1nccc1CNC(C)c1ccc(OC)c(OC)c1. The minimum absolute atomic E-state index is 0.213. The highest BCUT2D eigenvalue weighted by molar-refractivity contribution is 5.43. The van der Waals surface area contributed by atoms with Crippen molar-refractivity contribution in [1.29, 1.82) is 0 Å². The van der Waals surface area contributed by atoms with Crippen molar-refractivity contribution in [3.05, 3.63) is 41.7 Å². The second-order valence-corrected chi connectivity index (χ2v) is 4.86. The monoisotopic (exact) mass is 289 g/mol. The lowest BCUT2D eigenvalue weighted by Gasteiger charge is -2.17. The van der Waals surface area contributed by atoms with Crippen molar-refractivity contribution >= 4 is 0 Å². The third-order valence-electron chi connectivity index (χ3n) is 3.60. The predicted octanol–water partition coefficient (Wildman–Crippen LogP) is 2.77. The Morgan fingerprint density at radius 2 is 1.95 bits per heavy atom. The minimum atomic E-state index is 0.213. The first-order valence-electron chi connectivity index (χ1n) is 7.15. The zero-order valence-electron chi connectivity index (χ0n) is 13.1. The van der Waals surface area contributed by atoms with E-state index in [2.05, 4.69) is 30.3 Å². The van der Waals surface area contributed by atoms with Crippen LogP contribution in [-0.4, -0.2) is 24.0 Å². The summed E-state index contributed by atoms with van der Waals surface area (Å²) in [6.45, 7) is 5.89. The van der Waals surface area contributed by atoms with Crippen molar-refractivity contribution in [3.63, 3.8) is 0 Å². The quantitative estimate of drug-likeness (QED) is 0.851. The molecule has 1 aromatic heterocycles. The third-order valence-corrected chi connectivity index (χ3v) is 3.60. The number of nitrogens with one attached hydrogen (secondary N) is 1. The van der Waals surface area contributed by atoms with Gasteiger partial charge in [0.15, 0.2) is 11.5 Å². The van der Waals surface area contributed by atoms with E-state index in [1.165, 1.54) is 5.69 Å². The van der Waals surface area contributed by atoms with E-state index in [9.17, 15) is 0 Å². The molecule has 5 nitrogen and oxygen atoms in total. The van der Waals surface area contributed by atoms with Gasteiger partial charge in [-0.05, 0) is 37.6 Å². The van der Waals surface area contributed by atoms with E-state index in [1.54, 1.807) is 14.2 Å². The van der Waals surface area contributed by atoms with Crippen LogP contribution in [0.2, 0.25) is 0 Å². The van der Waals surface area contributed by atoms with E-state index in [1.807, 2.05) is 29.1 Å². The number of hydrogen-bond donors (Lipinski definition) is 1. The van der Waals surface area contributed by atoms with Gasteiger partial charge in [0.25, 0.3) is 0 Å². The highest BCUT2D eigenvalue weighted by atomic mass is 16.5. The highest BCUT2D eigenvalue weighted by Gasteiger charge is 2.10. The molecule has 0 fully saturated rings. The Morgan fingerprint density at radius 1 is 1.19 bits per heavy atom. The first-order chi connectivity index (χ1) is 10.2. The number of methoxy groups -OCH3 is 2. The van der Waals surface area contributed by atoms with E-state index in [-0.39, 0.29) is 6.04 Å². The topological polar surface area (TPSA) is 48.3 Å². The van der Waals surface area contributed by atoms with Gasteiger partial charge in [0.05, 0.1) is 19.9 Å². The van der Waals surface area contributed by atoms with Crippen molar-refractivity contribution in [3.8, 4) is 11.5 Å².